The number of primary amides is 1. The van der Waals surface area contributed by atoms with Crippen LogP contribution in [0.4, 0.5) is 0 Å². The van der Waals surface area contributed by atoms with E-state index >= 15 is 0 Å². The summed E-state index contributed by atoms with van der Waals surface area (Å²) in [6.45, 7) is 1.65. The second kappa shape index (κ2) is 12.5. The van der Waals surface area contributed by atoms with Crippen molar-refractivity contribution in [3.63, 3.8) is 0 Å². The van der Waals surface area contributed by atoms with Crippen LogP contribution in [0.25, 0.3) is 0 Å². The predicted molar refractivity (Wildman–Crippen MR) is 122 cm³/mol. The molecule has 33 heavy (non-hydrogen) atoms. The molecule has 0 aliphatic rings. The van der Waals surface area contributed by atoms with Crippen molar-refractivity contribution in [1.29, 1.82) is 0 Å². The SMILES string of the molecule is CCCCC(NC(=O)c1ccccc1)C(O)C(O)CNC(=O)c1cc(C=O)cc(C(N)=O)c1. The van der Waals surface area contributed by atoms with E-state index < -0.39 is 30.1 Å². The van der Waals surface area contributed by atoms with Crippen molar-refractivity contribution < 1.29 is 29.4 Å². The molecule has 3 unspecified atom stereocenters. The van der Waals surface area contributed by atoms with E-state index in [0.717, 1.165) is 6.42 Å². The molecular formula is C24H29N3O6. The number of carbonyl (C=O) groups excluding carboxylic acids is 4. The van der Waals surface area contributed by atoms with Gasteiger partial charge in [-0.3, -0.25) is 19.2 Å². The third-order valence-corrected chi connectivity index (χ3v) is 5.14. The van der Waals surface area contributed by atoms with E-state index in [1.807, 2.05) is 6.92 Å². The number of hydrogen-bond donors (Lipinski definition) is 5. The van der Waals surface area contributed by atoms with Gasteiger partial charge in [-0.25, -0.2) is 0 Å². The van der Waals surface area contributed by atoms with E-state index in [1.165, 1.54) is 18.2 Å². The van der Waals surface area contributed by atoms with Gasteiger partial charge in [0, 0.05) is 28.8 Å². The molecule has 0 spiro atoms. The standard InChI is InChI=1S/C24H29N3O6/c1-2-3-9-19(27-24(33)16-7-5-4-6-8-16)21(30)20(29)13-26-23(32)18-11-15(14-28)10-17(12-18)22(25)31/h4-8,10-12,14,19-21,29-30H,2-3,9,13H2,1H3,(H2,25,31)(H,26,32)(H,27,33). The number of unbranched alkanes of at least 4 members (excludes halogenated alkanes) is 1. The highest BCUT2D eigenvalue weighted by molar-refractivity contribution is 6.01. The maximum absolute atomic E-state index is 12.5. The van der Waals surface area contributed by atoms with E-state index in [-0.39, 0.29) is 29.1 Å². The second-order valence-corrected chi connectivity index (χ2v) is 7.68. The number of nitrogens with one attached hydrogen (secondary N) is 2. The molecule has 2 rings (SSSR count). The van der Waals surface area contributed by atoms with E-state index in [0.29, 0.717) is 24.7 Å². The van der Waals surface area contributed by atoms with Crippen molar-refractivity contribution in [3.8, 4) is 0 Å². The van der Waals surface area contributed by atoms with Gasteiger partial charge in [-0.15, -0.1) is 0 Å². The van der Waals surface area contributed by atoms with Crippen molar-refractivity contribution >= 4 is 24.0 Å². The number of amides is 3. The molecule has 0 aromatic heterocycles. The van der Waals surface area contributed by atoms with Crippen molar-refractivity contribution in [2.45, 2.75) is 44.4 Å². The molecule has 2 aromatic carbocycles. The van der Waals surface area contributed by atoms with Crippen LogP contribution in [0.15, 0.2) is 48.5 Å². The van der Waals surface area contributed by atoms with Gasteiger partial charge in [-0.05, 0) is 36.8 Å². The first-order chi connectivity index (χ1) is 15.8. The zero-order chi connectivity index (χ0) is 24.4. The second-order valence-electron chi connectivity index (χ2n) is 7.68. The van der Waals surface area contributed by atoms with Gasteiger partial charge in [-0.2, -0.15) is 0 Å². The largest absolute Gasteiger partial charge is 0.388 e. The molecule has 0 saturated carbocycles. The van der Waals surface area contributed by atoms with Gasteiger partial charge in [-0.1, -0.05) is 38.0 Å². The summed E-state index contributed by atoms with van der Waals surface area (Å²) in [5.41, 5.74) is 5.76. The van der Waals surface area contributed by atoms with Crippen LogP contribution in [-0.4, -0.2) is 59.0 Å². The van der Waals surface area contributed by atoms with Crippen LogP contribution in [0.1, 0.15) is 67.6 Å². The van der Waals surface area contributed by atoms with Crippen molar-refractivity contribution in [1.82, 2.24) is 10.6 Å². The zero-order valence-corrected chi connectivity index (χ0v) is 18.4. The summed E-state index contributed by atoms with van der Waals surface area (Å²) < 4.78 is 0. The Morgan fingerprint density at radius 1 is 1.00 bits per heavy atom. The first-order valence-corrected chi connectivity index (χ1v) is 10.7. The molecule has 0 aliphatic heterocycles. The molecule has 6 N–H and O–H groups in total. The molecule has 9 nitrogen and oxygen atoms in total. The Kier molecular flexibility index (Phi) is 9.71. The Labute approximate surface area is 192 Å². The molecule has 0 heterocycles. The number of hydrogen-bond acceptors (Lipinski definition) is 6. The lowest BCUT2D eigenvalue weighted by molar-refractivity contribution is -0.00399. The highest BCUT2D eigenvalue weighted by Crippen LogP contribution is 2.12. The first kappa shape index (κ1) is 25.7. The number of aliphatic hydroxyl groups is 2. The van der Waals surface area contributed by atoms with E-state index in [2.05, 4.69) is 10.6 Å². The third kappa shape index (κ3) is 7.51. The maximum Gasteiger partial charge on any atom is 0.251 e. The van der Waals surface area contributed by atoms with Crippen LogP contribution in [0, 0.1) is 0 Å². The predicted octanol–water partition coefficient (Wildman–Crippen LogP) is 1.04. The fraction of sp³-hybridized carbons (Fsp3) is 0.333. The summed E-state index contributed by atoms with van der Waals surface area (Å²) in [7, 11) is 0. The quantitative estimate of drug-likeness (QED) is 0.301. The van der Waals surface area contributed by atoms with Crippen LogP contribution < -0.4 is 16.4 Å². The minimum absolute atomic E-state index is 0.00594. The van der Waals surface area contributed by atoms with Gasteiger partial charge in [0.05, 0.1) is 12.1 Å². The summed E-state index contributed by atoms with van der Waals surface area (Å²) in [6.07, 6.45) is -0.263. The number of benzene rings is 2. The molecule has 9 heteroatoms. The molecule has 0 saturated heterocycles. The van der Waals surface area contributed by atoms with Gasteiger partial charge in [0.1, 0.15) is 12.4 Å². The van der Waals surface area contributed by atoms with E-state index in [1.54, 1.807) is 30.3 Å². The molecule has 0 radical (unpaired) electrons. The lowest BCUT2D eigenvalue weighted by Gasteiger charge is -2.28. The monoisotopic (exact) mass is 455 g/mol. The summed E-state index contributed by atoms with van der Waals surface area (Å²) in [6, 6.07) is 11.6. The molecule has 2 aromatic rings. The molecule has 3 amide bonds. The Bertz CT molecular complexity index is 979. The number of carbonyl (C=O) groups is 4. The van der Waals surface area contributed by atoms with Crippen molar-refractivity contribution in [2.75, 3.05) is 6.54 Å². The zero-order valence-electron chi connectivity index (χ0n) is 18.4. The number of aliphatic hydroxyl groups excluding tert-OH is 2. The van der Waals surface area contributed by atoms with Gasteiger partial charge >= 0.3 is 0 Å². The van der Waals surface area contributed by atoms with E-state index in [9.17, 15) is 29.4 Å². The van der Waals surface area contributed by atoms with E-state index in [4.69, 9.17) is 5.73 Å². The van der Waals surface area contributed by atoms with Gasteiger partial charge in [0.15, 0.2) is 0 Å². The highest BCUT2D eigenvalue weighted by atomic mass is 16.3. The Balaban J connectivity index is 2.05. The smallest absolute Gasteiger partial charge is 0.251 e. The van der Waals surface area contributed by atoms with Gasteiger partial charge in [0.2, 0.25) is 5.91 Å². The fourth-order valence-electron chi connectivity index (χ4n) is 3.27. The Hall–Kier alpha value is -3.56. The highest BCUT2D eigenvalue weighted by Gasteiger charge is 2.28. The molecule has 176 valence electrons. The number of nitrogens with two attached hydrogens (primary N) is 1. The van der Waals surface area contributed by atoms with Gasteiger partial charge < -0.3 is 26.6 Å². The topological polar surface area (TPSA) is 159 Å². The van der Waals surface area contributed by atoms with Gasteiger partial charge in [0.25, 0.3) is 11.8 Å². The molecule has 0 aliphatic carbocycles. The van der Waals surface area contributed by atoms with Crippen LogP contribution in [0.2, 0.25) is 0 Å². The molecular weight excluding hydrogens is 426 g/mol. The number of rotatable bonds is 12. The van der Waals surface area contributed by atoms with Crippen LogP contribution >= 0.6 is 0 Å². The molecule has 3 atom stereocenters. The maximum atomic E-state index is 12.5. The Morgan fingerprint density at radius 3 is 2.27 bits per heavy atom. The summed E-state index contributed by atoms with van der Waals surface area (Å²) in [5.74, 6) is -1.83. The summed E-state index contributed by atoms with van der Waals surface area (Å²) in [4.78, 5) is 47.5. The van der Waals surface area contributed by atoms with Crippen LogP contribution in [-0.2, 0) is 0 Å². The summed E-state index contributed by atoms with van der Waals surface area (Å²) in [5, 5.41) is 26.3. The lowest BCUT2D eigenvalue weighted by Crippen LogP contribution is -2.51. The van der Waals surface area contributed by atoms with Crippen LogP contribution in [0.3, 0.4) is 0 Å². The molecule has 0 fully saturated rings. The third-order valence-electron chi connectivity index (χ3n) is 5.14. The number of aldehydes is 1. The van der Waals surface area contributed by atoms with Crippen molar-refractivity contribution in [3.05, 3.63) is 70.8 Å². The average Bonchev–Trinajstić information content (AvgIpc) is 2.84. The Morgan fingerprint density at radius 2 is 1.67 bits per heavy atom. The minimum Gasteiger partial charge on any atom is -0.388 e. The lowest BCUT2D eigenvalue weighted by atomic mass is 9.99. The normalized spacial score (nSPS) is 13.4. The average molecular weight is 456 g/mol. The summed E-state index contributed by atoms with van der Waals surface area (Å²) >= 11 is 0. The fourth-order valence-corrected chi connectivity index (χ4v) is 3.27. The molecule has 0 bridgehead atoms. The van der Waals surface area contributed by atoms with Crippen LogP contribution in [0.5, 0.6) is 0 Å². The van der Waals surface area contributed by atoms with Crippen molar-refractivity contribution in [2.24, 2.45) is 5.73 Å². The first-order valence-electron chi connectivity index (χ1n) is 10.7. The minimum atomic E-state index is -1.38.